The third-order valence-electron chi connectivity index (χ3n) is 4.20. The smallest absolute Gasteiger partial charge is 0.325 e. The zero-order valence-corrected chi connectivity index (χ0v) is 16.1. The normalized spacial score (nSPS) is 12.6. The van der Waals surface area contributed by atoms with Crippen molar-refractivity contribution in [3.8, 4) is 5.69 Å². The van der Waals surface area contributed by atoms with Crippen LogP contribution in [0.3, 0.4) is 0 Å². The average Bonchev–Trinajstić information content (AvgIpc) is 2.86. The average molecular weight is 394 g/mol. The van der Waals surface area contributed by atoms with E-state index in [1.165, 1.54) is 19.1 Å². The number of nitrogens with two attached hydrogens (primary N) is 1. The number of aliphatic carboxylic acids is 1. The van der Waals surface area contributed by atoms with Crippen LogP contribution in [0.2, 0.25) is 0 Å². The lowest BCUT2D eigenvalue weighted by molar-refractivity contribution is -0.141. The lowest BCUT2D eigenvalue weighted by Crippen LogP contribution is -2.38. The summed E-state index contributed by atoms with van der Waals surface area (Å²) in [6.07, 6.45) is 0.542. The molecule has 1 atom stereocenters. The summed E-state index contributed by atoms with van der Waals surface area (Å²) >= 11 is 0. The molecule has 0 aliphatic rings. The van der Waals surface area contributed by atoms with Crippen molar-refractivity contribution in [2.75, 3.05) is 0 Å². The second-order valence-electron chi connectivity index (χ2n) is 6.23. The zero-order chi connectivity index (χ0) is 20.4. The van der Waals surface area contributed by atoms with Gasteiger partial charge in [-0.05, 0) is 57.0 Å². The van der Waals surface area contributed by atoms with Crippen molar-refractivity contribution in [1.82, 2.24) is 15.1 Å². The first-order valence-electron chi connectivity index (χ1n) is 8.21. The largest absolute Gasteiger partial charge is 0.480 e. The van der Waals surface area contributed by atoms with Crippen molar-refractivity contribution in [3.05, 3.63) is 41.2 Å². The van der Waals surface area contributed by atoms with E-state index >= 15 is 0 Å². The molecule has 1 aromatic carbocycles. The van der Waals surface area contributed by atoms with Gasteiger partial charge >= 0.3 is 5.97 Å². The van der Waals surface area contributed by atoms with E-state index in [9.17, 15) is 18.0 Å². The predicted molar refractivity (Wildman–Crippen MR) is 98.0 cm³/mol. The summed E-state index contributed by atoms with van der Waals surface area (Å²) in [5.74, 6) is -1.44. The van der Waals surface area contributed by atoms with Gasteiger partial charge in [0.05, 0.1) is 16.3 Å². The Hall–Kier alpha value is -2.72. The number of aryl methyl sites for hydroxylation is 1. The molecule has 146 valence electrons. The van der Waals surface area contributed by atoms with Crippen LogP contribution in [0.25, 0.3) is 5.69 Å². The highest BCUT2D eigenvalue weighted by atomic mass is 32.2. The number of carbonyl (C=O) groups excluding carboxylic acids is 1. The number of carboxylic acid groups (broad SMARTS) is 1. The summed E-state index contributed by atoms with van der Waals surface area (Å²) in [6, 6.07) is 5.07. The van der Waals surface area contributed by atoms with Crippen LogP contribution in [0.5, 0.6) is 0 Å². The molecule has 0 aliphatic heterocycles. The first-order chi connectivity index (χ1) is 12.5. The number of rotatable bonds is 7. The van der Waals surface area contributed by atoms with Crippen LogP contribution in [0, 0.1) is 13.8 Å². The van der Waals surface area contributed by atoms with E-state index in [-0.39, 0.29) is 17.2 Å². The minimum Gasteiger partial charge on any atom is -0.480 e. The molecule has 9 nitrogen and oxygen atoms in total. The fourth-order valence-corrected chi connectivity index (χ4v) is 3.19. The minimum atomic E-state index is -3.77. The second-order valence-corrected chi connectivity index (χ2v) is 7.79. The number of carboxylic acids is 1. The monoisotopic (exact) mass is 394 g/mol. The Morgan fingerprint density at radius 2 is 1.85 bits per heavy atom. The first kappa shape index (κ1) is 20.6. The molecule has 4 N–H and O–H groups in total. The molecule has 10 heteroatoms. The molecule has 1 heterocycles. The lowest BCUT2D eigenvalue weighted by atomic mass is 10.1. The molecule has 0 saturated heterocycles. The molecule has 0 saturated carbocycles. The number of nitrogens with zero attached hydrogens (tertiary/aromatic N) is 2. The SMILES string of the molecule is Cc1nn(-c2ccc(S(N)(=O)=O)cc2)c(C)c1CCC(=O)NC(C)C(=O)O. The summed E-state index contributed by atoms with van der Waals surface area (Å²) in [4.78, 5) is 22.7. The highest BCUT2D eigenvalue weighted by Gasteiger charge is 2.17. The molecule has 0 radical (unpaired) electrons. The molecule has 1 amide bonds. The first-order valence-corrected chi connectivity index (χ1v) is 9.76. The van der Waals surface area contributed by atoms with Crippen LogP contribution in [-0.2, 0) is 26.0 Å². The summed E-state index contributed by atoms with van der Waals surface area (Å²) in [5, 5.41) is 20.8. The Morgan fingerprint density at radius 1 is 1.26 bits per heavy atom. The number of primary sulfonamides is 1. The van der Waals surface area contributed by atoms with Gasteiger partial charge in [-0.3, -0.25) is 9.59 Å². The Morgan fingerprint density at radius 3 is 2.37 bits per heavy atom. The van der Waals surface area contributed by atoms with E-state index < -0.39 is 22.0 Å². The second kappa shape index (κ2) is 7.89. The van der Waals surface area contributed by atoms with E-state index in [1.807, 2.05) is 13.8 Å². The van der Waals surface area contributed by atoms with E-state index in [4.69, 9.17) is 10.2 Å². The van der Waals surface area contributed by atoms with Gasteiger partial charge in [-0.1, -0.05) is 0 Å². The standard InChI is InChI=1S/C17H22N4O5S/c1-10-15(8-9-16(22)19-11(2)17(23)24)12(3)21(20-10)13-4-6-14(7-5-13)27(18,25)26/h4-7,11H,8-9H2,1-3H3,(H,19,22)(H,23,24)(H2,18,25,26). The van der Waals surface area contributed by atoms with Gasteiger partial charge in [-0.15, -0.1) is 0 Å². The van der Waals surface area contributed by atoms with Crippen LogP contribution < -0.4 is 10.5 Å². The number of amides is 1. The third kappa shape index (κ3) is 4.92. The third-order valence-corrected chi connectivity index (χ3v) is 5.13. The summed E-state index contributed by atoms with van der Waals surface area (Å²) in [6.45, 7) is 5.07. The van der Waals surface area contributed by atoms with Gasteiger partial charge < -0.3 is 10.4 Å². The van der Waals surface area contributed by atoms with Crippen LogP contribution >= 0.6 is 0 Å². The van der Waals surface area contributed by atoms with E-state index in [1.54, 1.807) is 16.8 Å². The Balaban J connectivity index is 2.17. The Kier molecular flexibility index (Phi) is 6.01. The van der Waals surface area contributed by atoms with Crippen LogP contribution in [0.15, 0.2) is 29.2 Å². The van der Waals surface area contributed by atoms with E-state index in [2.05, 4.69) is 10.4 Å². The molecule has 0 bridgehead atoms. The fraction of sp³-hybridized carbons (Fsp3) is 0.353. The number of sulfonamides is 1. The number of aromatic nitrogens is 2. The quantitative estimate of drug-likeness (QED) is 0.629. The summed E-state index contributed by atoms with van der Waals surface area (Å²) < 4.78 is 24.4. The van der Waals surface area contributed by atoms with Crippen molar-refractivity contribution in [3.63, 3.8) is 0 Å². The molecule has 27 heavy (non-hydrogen) atoms. The van der Waals surface area contributed by atoms with Gasteiger partial charge in [0.25, 0.3) is 0 Å². The number of carbonyl (C=O) groups is 2. The maximum Gasteiger partial charge on any atom is 0.325 e. The molecular formula is C17H22N4O5S. The van der Waals surface area contributed by atoms with Gasteiger partial charge in [0.2, 0.25) is 15.9 Å². The Bertz CT molecular complexity index is 964. The lowest BCUT2D eigenvalue weighted by Gasteiger charge is -2.09. The number of nitrogens with one attached hydrogen (secondary N) is 1. The molecule has 0 spiro atoms. The molecule has 0 fully saturated rings. The van der Waals surface area contributed by atoms with Crippen molar-refractivity contribution < 1.29 is 23.1 Å². The molecule has 1 unspecified atom stereocenters. The molecular weight excluding hydrogens is 372 g/mol. The van der Waals surface area contributed by atoms with Crippen LogP contribution in [0.1, 0.15) is 30.3 Å². The van der Waals surface area contributed by atoms with Crippen molar-refractivity contribution in [2.45, 2.75) is 44.6 Å². The number of hydrogen-bond acceptors (Lipinski definition) is 5. The van der Waals surface area contributed by atoms with Crippen LogP contribution in [-0.4, -0.2) is 41.2 Å². The minimum absolute atomic E-state index is 0.0113. The summed E-state index contributed by atoms with van der Waals surface area (Å²) in [5.41, 5.74) is 3.10. The van der Waals surface area contributed by atoms with Gasteiger partial charge in [0.1, 0.15) is 6.04 Å². The number of hydrogen-bond donors (Lipinski definition) is 3. The number of benzene rings is 1. The summed E-state index contributed by atoms with van der Waals surface area (Å²) in [7, 11) is -3.77. The van der Waals surface area contributed by atoms with Crippen molar-refractivity contribution in [1.29, 1.82) is 0 Å². The van der Waals surface area contributed by atoms with Gasteiger partial charge in [-0.25, -0.2) is 18.2 Å². The highest BCUT2D eigenvalue weighted by Crippen LogP contribution is 2.20. The van der Waals surface area contributed by atoms with Crippen molar-refractivity contribution in [2.24, 2.45) is 5.14 Å². The maximum atomic E-state index is 11.9. The molecule has 1 aromatic heterocycles. The molecule has 0 aliphatic carbocycles. The van der Waals surface area contributed by atoms with E-state index in [0.29, 0.717) is 12.1 Å². The predicted octanol–water partition coefficient (Wildman–Crippen LogP) is 0.658. The topological polar surface area (TPSA) is 144 Å². The fourth-order valence-electron chi connectivity index (χ4n) is 2.68. The van der Waals surface area contributed by atoms with Gasteiger partial charge in [-0.2, -0.15) is 5.10 Å². The van der Waals surface area contributed by atoms with Gasteiger partial charge in [0.15, 0.2) is 0 Å². The molecule has 2 rings (SSSR count). The highest BCUT2D eigenvalue weighted by molar-refractivity contribution is 7.89. The zero-order valence-electron chi connectivity index (χ0n) is 15.3. The van der Waals surface area contributed by atoms with Crippen LogP contribution in [0.4, 0.5) is 0 Å². The van der Waals surface area contributed by atoms with E-state index in [0.717, 1.165) is 17.0 Å². The maximum absolute atomic E-state index is 11.9. The van der Waals surface area contributed by atoms with Crippen molar-refractivity contribution >= 4 is 21.9 Å². The van der Waals surface area contributed by atoms with Gasteiger partial charge in [0, 0.05) is 12.1 Å². The Labute approximate surface area is 157 Å². The molecule has 2 aromatic rings.